The Morgan fingerprint density at radius 2 is 1.83 bits per heavy atom. The van der Waals surface area contributed by atoms with Gasteiger partial charge in [0.15, 0.2) is 0 Å². The zero-order valence-corrected chi connectivity index (χ0v) is 11.6. The Balaban J connectivity index is 1.87. The number of hydrogen-bond donors (Lipinski definition) is 1. The van der Waals surface area contributed by atoms with E-state index in [0.717, 1.165) is 25.8 Å². The van der Waals surface area contributed by atoms with Crippen LogP contribution in [0.25, 0.3) is 0 Å². The maximum absolute atomic E-state index is 12.2. The summed E-state index contributed by atoms with van der Waals surface area (Å²) in [5.41, 5.74) is 0. The minimum absolute atomic E-state index is 0.0662. The lowest BCUT2D eigenvalue weighted by Gasteiger charge is -2.36. The molecule has 6 nitrogen and oxygen atoms in total. The van der Waals surface area contributed by atoms with E-state index in [9.17, 15) is 13.2 Å². The fourth-order valence-electron chi connectivity index (χ4n) is 2.52. The van der Waals surface area contributed by atoms with E-state index in [2.05, 4.69) is 5.32 Å². The maximum Gasteiger partial charge on any atom is 0.239 e. The molecule has 1 N–H and O–H groups in total. The van der Waals surface area contributed by atoms with Crippen LogP contribution in [-0.4, -0.2) is 68.6 Å². The van der Waals surface area contributed by atoms with Crippen molar-refractivity contribution in [3.05, 3.63) is 0 Å². The van der Waals surface area contributed by atoms with Crippen LogP contribution in [0.15, 0.2) is 0 Å². The van der Waals surface area contributed by atoms with E-state index in [1.165, 1.54) is 10.6 Å². The molecule has 0 aromatic carbocycles. The molecule has 2 aliphatic rings. The monoisotopic (exact) mass is 275 g/mol. The quantitative estimate of drug-likeness (QED) is 0.719. The fraction of sp³-hybridized carbons (Fsp3) is 0.909. The molecule has 1 atom stereocenters. The van der Waals surface area contributed by atoms with Crippen LogP contribution >= 0.6 is 0 Å². The van der Waals surface area contributed by atoms with Crippen molar-refractivity contribution in [3.63, 3.8) is 0 Å². The summed E-state index contributed by atoms with van der Waals surface area (Å²) in [6, 6.07) is -0.0662. The molecule has 7 heteroatoms. The Labute approximate surface area is 108 Å². The number of nitrogens with one attached hydrogen (secondary N) is 1. The van der Waals surface area contributed by atoms with Crippen molar-refractivity contribution in [2.75, 3.05) is 39.0 Å². The Bertz CT molecular complexity index is 396. The van der Waals surface area contributed by atoms with Crippen molar-refractivity contribution in [2.45, 2.75) is 25.3 Å². The molecule has 1 amide bonds. The van der Waals surface area contributed by atoms with Crippen LogP contribution in [0.2, 0.25) is 0 Å². The Morgan fingerprint density at radius 3 is 2.33 bits per heavy atom. The van der Waals surface area contributed by atoms with Gasteiger partial charge >= 0.3 is 0 Å². The lowest BCUT2D eigenvalue weighted by molar-refractivity contribution is -0.135. The van der Waals surface area contributed by atoms with Crippen LogP contribution < -0.4 is 5.32 Å². The lowest BCUT2D eigenvalue weighted by Crippen LogP contribution is -2.55. The average molecular weight is 275 g/mol. The highest BCUT2D eigenvalue weighted by molar-refractivity contribution is 7.88. The van der Waals surface area contributed by atoms with E-state index in [-0.39, 0.29) is 11.9 Å². The van der Waals surface area contributed by atoms with Gasteiger partial charge in [-0.3, -0.25) is 4.79 Å². The molecule has 0 radical (unpaired) electrons. The maximum atomic E-state index is 12.2. The first kappa shape index (κ1) is 13.8. The number of rotatable bonds is 2. The van der Waals surface area contributed by atoms with E-state index in [0.29, 0.717) is 26.2 Å². The van der Waals surface area contributed by atoms with Crippen LogP contribution in [0.1, 0.15) is 19.3 Å². The fourth-order valence-corrected chi connectivity index (χ4v) is 3.35. The number of sulfonamides is 1. The van der Waals surface area contributed by atoms with Crippen molar-refractivity contribution in [1.29, 1.82) is 0 Å². The highest BCUT2D eigenvalue weighted by Crippen LogP contribution is 2.12. The van der Waals surface area contributed by atoms with Crippen molar-refractivity contribution in [3.8, 4) is 0 Å². The average Bonchev–Trinajstić information content (AvgIpc) is 2.38. The first-order valence-electron chi connectivity index (χ1n) is 6.46. The summed E-state index contributed by atoms with van der Waals surface area (Å²) in [6.07, 6.45) is 4.33. The summed E-state index contributed by atoms with van der Waals surface area (Å²) >= 11 is 0. The molecule has 1 unspecified atom stereocenters. The Kier molecular flexibility index (Phi) is 4.24. The van der Waals surface area contributed by atoms with Crippen LogP contribution in [0, 0.1) is 0 Å². The second kappa shape index (κ2) is 5.54. The summed E-state index contributed by atoms with van der Waals surface area (Å²) < 4.78 is 24.2. The summed E-state index contributed by atoms with van der Waals surface area (Å²) in [6.45, 7) is 2.74. The second-order valence-corrected chi connectivity index (χ2v) is 6.97. The van der Waals surface area contributed by atoms with Gasteiger partial charge in [0, 0.05) is 26.2 Å². The van der Waals surface area contributed by atoms with Crippen molar-refractivity contribution in [2.24, 2.45) is 0 Å². The zero-order chi connectivity index (χ0) is 13.2. The van der Waals surface area contributed by atoms with Gasteiger partial charge in [0.1, 0.15) is 0 Å². The molecule has 0 bridgehead atoms. The molecule has 2 heterocycles. The van der Waals surface area contributed by atoms with E-state index in [4.69, 9.17) is 0 Å². The number of amides is 1. The topological polar surface area (TPSA) is 69.7 Å². The van der Waals surface area contributed by atoms with Gasteiger partial charge in [-0.05, 0) is 19.4 Å². The number of piperazine rings is 1. The third-order valence-corrected chi connectivity index (χ3v) is 4.93. The molecule has 0 spiro atoms. The number of carbonyl (C=O) groups excluding carboxylic acids is 1. The third-order valence-electron chi connectivity index (χ3n) is 3.63. The number of carbonyl (C=O) groups is 1. The lowest BCUT2D eigenvalue weighted by atomic mass is 10.0. The number of nitrogens with zero attached hydrogens (tertiary/aromatic N) is 2. The number of piperidine rings is 1. The van der Waals surface area contributed by atoms with Gasteiger partial charge in [0.25, 0.3) is 0 Å². The molecule has 2 aliphatic heterocycles. The van der Waals surface area contributed by atoms with Gasteiger partial charge in [-0.1, -0.05) is 6.42 Å². The van der Waals surface area contributed by atoms with E-state index in [1.54, 1.807) is 4.90 Å². The van der Waals surface area contributed by atoms with Gasteiger partial charge < -0.3 is 10.2 Å². The predicted octanol–water partition coefficient (Wildman–Crippen LogP) is -0.768. The Hall–Kier alpha value is -0.660. The molecular weight excluding hydrogens is 254 g/mol. The van der Waals surface area contributed by atoms with Crippen LogP contribution in [0.5, 0.6) is 0 Å². The van der Waals surface area contributed by atoms with E-state index >= 15 is 0 Å². The molecule has 104 valence electrons. The highest BCUT2D eigenvalue weighted by Gasteiger charge is 2.30. The van der Waals surface area contributed by atoms with Gasteiger partial charge in [0.2, 0.25) is 15.9 Å². The van der Waals surface area contributed by atoms with Gasteiger partial charge in [0.05, 0.1) is 12.3 Å². The molecule has 0 saturated carbocycles. The summed E-state index contributed by atoms with van der Waals surface area (Å²) in [7, 11) is -3.12. The van der Waals surface area contributed by atoms with E-state index < -0.39 is 10.0 Å². The Morgan fingerprint density at radius 1 is 1.17 bits per heavy atom. The summed E-state index contributed by atoms with van der Waals surface area (Å²) in [5.74, 6) is 0.128. The molecule has 2 rings (SSSR count). The molecule has 0 aromatic heterocycles. The van der Waals surface area contributed by atoms with Gasteiger partial charge in [-0.15, -0.1) is 0 Å². The molecule has 2 saturated heterocycles. The normalized spacial score (nSPS) is 27.2. The van der Waals surface area contributed by atoms with Crippen molar-refractivity contribution >= 4 is 15.9 Å². The smallest absolute Gasteiger partial charge is 0.239 e. The van der Waals surface area contributed by atoms with Crippen molar-refractivity contribution < 1.29 is 13.2 Å². The first-order valence-corrected chi connectivity index (χ1v) is 8.30. The number of hydrogen-bond acceptors (Lipinski definition) is 4. The SMILES string of the molecule is CS(=O)(=O)N1CCN(C(=O)C2CCCCN2)CC1. The highest BCUT2D eigenvalue weighted by atomic mass is 32.2. The van der Waals surface area contributed by atoms with Gasteiger partial charge in [-0.2, -0.15) is 4.31 Å². The first-order chi connectivity index (χ1) is 8.48. The van der Waals surface area contributed by atoms with Crippen LogP contribution in [-0.2, 0) is 14.8 Å². The van der Waals surface area contributed by atoms with Crippen molar-refractivity contribution in [1.82, 2.24) is 14.5 Å². The molecule has 2 fully saturated rings. The minimum atomic E-state index is -3.12. The third kappa shape index (κ3) is 3.21. The van der Waals surface area contributed by atoms with Gasteiger partial charge in [-0.25, -0.2) is 8.42 Å². The zero-order valence-electron chi connectivity index (χ0n) is 10.8. The minimum Gasteiger partial charge on any atom is -0.339 e. The molecule has 18 heavy (non-hydrogen) atoms. The molecule has 0 aromatic rings. The van der Waals surface area contributed by atoms with Crippen LogP contribution in [0.3, 0.4) is 0 Å². The largest absolute Gasteiger partial charge is 0.339 e. The van der Waals surface area contributed by atoms with Crippen LogP contribution in [0.4, 0.5) is 0 Å². The predicted molar refractivity (Wildman–Crippen MR) is 68.6 cm³/mol. The second-order valence-electron chi connectivity index (χ2n) is 4.99. The molecule has 0 aliphatic carbocycles. The summed E-state index contributed by atoms with van der Waals surface area (Å²) in [4.78, 5) is 14.0. The molecular formula is C11H21N3O3S. The standard InChI is InChI=1S/C11H21N3O3S/c1-18(16,17)14-8-6-13(7-9-14)11(15)10-4-2-3-5-12-10/h10,12H,2-9H2,1H3. The summed E-state index contributed by atoms with van der Waals surface area (Å²) in [5, 5.41) is 3.23. The van der Waals surface area contributed by atoms with E-state index in [1.807, 2.05) is 0 Å².